The van der Waals surface area contributed by atoms with Crippen molar-refractivity contribution in [2.75, 3.05) is 20.8 Å². The van der Waals surface area contributed by atoms with Crippen LogP contribution in [0.2, 0.25) is 0 Å². The van der Waals surface area contributed by atoms with Crippen LogP contribution in [0.5, 0.6) is 5.75 Å². The van der Waals surface area contributed by atoms with Gasteiger partial charge < -0.3 is 20.5 Å². The van der Waals surface area contributed by atoms with Gasteiger partial charge in [0.25, 0.3) is 0 Å². The predicted octanol–water partition coefficient (Wildman–Crippen LogP) is 0.861. The van der Waals surface area contributed by atoms with Crippen molar-refractivity contribution >= 4 is 5.91 Å². The zero-order valence-corrected chi connectivity index (χ0v) is 13.4. The number of aromatic nitrogens is 2. The van der Waals surface area contributed by atoms with E-state index in [1.54, 1.807) is 18.9 Å². The number of hydrogen-bond acceptors (Lipinski definition) is 5. The van der Waals surface area contributed by atoms with Gasteiger partial charge >= 0.3 is 0 Å². The normalized spacial score (nSPS) is 12.0. The van der Waals surface area contributed by atoms with E-state index in [1.807, 2.05) is 36.5 Å². The summed E-state index contributed by atoms with van der Waals surface area (Å²) in [6.07, 6.45) is 1.83. The first kappa shape index (κ1) is 17.0. The highest BCUT2D eigenvalue weighted by Gasteiger charge is 2.11. The lowest BCUT2D eigenvalue weighted by atomic mass is 10.2. The van der Waals surface area contributed by atoms with E-state index in [1.165, 1.54) is 0 Å². The fraction of sp³-hybridized carbons (Fsp3) is 0.375. The van der Waals surface area contributed by atoms with E-state index in [9.17, 15) is 4.79 Å². The summed E-state index contributed by atoms with van der Waals surface area (Å²) < 4.78 is 12.0. The van der Waals surface area contributed by atoms with Crippen molar-refractivity contribution in [1.29, 1.82) is 0 Å². The molecule has 3 N–H and O–H groups in total. The lowest BCUT2D eigenvalue weighted by Gasteiger charge is -2.12. The van der Waals surface area contributed by atoms with Crippen molar-refractivity contribution in [3.63, 3.8) is 0 Å². The number of nitrogens with zero attached hydrogens (tertiary/aromatic N) is 2. The highest BCUT2D eigenvalue weighted by atomic mass is 16.5. The Morgan fingerprint density at radius 3 is 2.65 bits per heavy atom. The molecule has 1 unspecified atom stereocenters. The Bertz CT molecular complexity index is 621. The molecule has 0 fully saturated rings. The predicted molar refractivity (Wildman–Crippen MR) is 86.4 cm³/mol. The zero-order valence-electron chi connectivity index (χ0n) is 13.4. The molecule has 0 saturated carbocycles. The largest absolute Gasteiger partial charge is 0.497 e. The molecule has 124 valence electrons. The molecule has 7 nitrogen and oxygen atoms in total. The second kappa shape index (κ2) is 8.30. The third-order valence-electron chi connectivity index (χ3n) is 3.46. The van der Waals surface area contributed by atoms with Crippen molar-refractivity contribution in [3.05, 3.63) is 42.2 Å². The van der Waals surface area contributed by atoms with Gasteiger partial charge in [-0.05, 0) is 30.3 Å². The van der Waals surface area contributed by atoms with Gasteiger partial charge in [0.2, 0.25) is 5.91 Å². The minimum Gasteiger partial charge on any atom is -0.497 e. The fourth-order valence-electron chi connectivity index (χ4n) is 2.07. The second-order valence-electron chi connectivity index (χ2n) is 5.02. The summed E-state index contributed by atoms with van der Waals surface area (Å²) in [7, 11) is 3.17. The summed E-state index contributed by atoms with van der Waals surface area (Å²) >= 11 is 0. The Morgan fingerprint density at radius 1 is 1.30 bits per heavy atom. The van der Waals surface area contributed by atoms with Gasteiger partial charge in [0.15, 0.2) is 0 Å². The van der Waals surface area contributed by atoms with Gasteiger partial charge in [0.1, 0.15) is 5.75 Å². The number of benzene rings is 1. The van der Waals surface area contributed by atoms with E-state index in [0.29, 0.717) is 13.1 Å². The number of methoxy groups -OCH3 is 2. The van der Waals surface area contributed by atoms with Crippen molar-refractivity contribution < 1.29 is 14.3 Å². The number of rotatable bonds is 8. The molecule has 0 bridgehead atoms. The van der Waals surface area contributed by atoms with E-state index in [0.717, 1.165) is 17.1 Å². The first-order chi connectivity index (χ1) is 11.2. The number of nitrogens with two attached hydrogens (primary N) is 1. The van der Waals surface area contributed by atoms with Crippen LogP contribution in [0.15, 0.2) is 36.5 Å². The summed E-state index contributed by atoms with van der Waals surface area (Å²) in [6.45, 7) is 0.680. The molecule has 0 aliphatic heterocycles. The van der Waals surface area contributed by atoms with Crippen molar-refractivity contribution in [3.8, 4) is 11.4 Å². The molecule has 0 spiro atoms. The monoisotopic (exact) mass is 318 g/mol. The van der Waals surface area contributed by atoms with Crippen LogP contribution in [-0.2, 0) is 16.1 Å². The maximum absolute atomic E-state index is 11.8. The minimum absolute atomic E-state index is 0.110. The molecular formula is C16H22N4O3. The summed E-state index contributed by atoms with van der Waals surface area (Å²) in [6, 6.07) is 9.44. The van der Waals surface area contributed by atoms with Crippen molar-refractivity contribution in [2.45, 2.75) is 19.1 Å². The average molecular weight is 318 g/mol. The quantitative estimate of drug-likeness (QED) is 0.753. The standard InChI is InChI=1S/C16H22N4O3/c1-22-14-5-3-13(4-6-14)20-8-7-12(19-20)11-18-16(21)9-15(10-17)23-2/h3-8,15H,9-11,17H2,1-2H3,(H,18,21). The molecule has 0 saturated heterocycles. The fourth-order valence-corrected chi connectivity index (χ4v) is 2.07. The zero-order chi connectivity index (χ0) is 16.7. The molecule has 0 radical (unpaired) electrons. The Morgan fingerprint density at radius 2 is 2.04 bits per heavy atom. The number of nitrogens with one attached hydrogen (secondary N) is 1. The first-order valence-electron chi connectivity index (χ1n) is 7.34. The molecular weight excluding hydrogens is 296 g/mol. The molecule has 2 rings (SSSR count). The van der Waals surface area contributed by atoms with Crippen LogP contribution in [0.25, 0.3) is 5.69 Å². The Hall–Kier alpha value is -2.38. The molecule has 1 aromatic heterocycles. The number of hydrogen-bond donors (Lipinski definition) is 2. The summed E-state index contributed by atoms with van der Waals surface area (Å²) in [4.78, 5) is 11.8. The first-order valence-corrected chi connectivity index (χ1v) is 7.34. The molecule has 0 aliphatic rings. The van der Waals surface area contributed by atoms with Crippen molar-refractivity contribution in [2.24, 2.45) is 5.73 Å². The molecule has 0 aliphatic carbocycles. The highest BCUT2D eigenvalue weighted by Crippen LogP contribution is 2.14. The van der Waals surface area contributed by atoms with E-state index in [-0.39, 0.29) is 18.4 Å². The summed E-state index contributed by atoms with van der Waals surface area (Å²) in [5.41, 5.74) is 7.19. The molecule has 1 amide bonds. The number of ether oxygens (including phenoxy) is 2. The summed E-state index contributed by atoms with van der Waals surface area (Å²) in [5, 5.41) is 7.24. The Labute approximate surface area is 135 Å². The van der Waals surface area contributed by atoms with Gasteiger partial charge in [0, 0.05) is 19.9 Å². The van der Waals surface area contributed by atoms with Crippen LogP contribution in [0.1, 0.15) is 12.1 Å². The summed E-state index contributed by atoms with van der Waals surface area (Å²) in [5.74, 6) is 0.683. The van der Waals surface area contributed by atoms with E-state index in [4.69, 9.17) is 15.2 Å². The van der Waals surface area contributed by atoms with Gasteiger partial charge in [-0.3, -0.25) is 4.79 Å². The van der Waals surface area contributed by atoms with Crippen LogP contribution < -0.4 is 15.8 Å². The molecule has 1 atom stereocenters. The van der Waals surface area contributed by atoms with Crippen LogP contribution >= 0.6 is 0 Å². The third kappa shape index (κ3) is 4.80. The SMILES string of the molecule is COc1ccc(-n2ccc(CNC(=O)CC(CN)OC)n2)cc1. The van der Waals surface area contributed by atoms with Crippen LogP contribution in [0, 0.1) is 0 Å². The second-order valence-corrected chi connectivity index (χ2v) is 5.02. The van der Waals surface area contributed by atoms with Crippen LogP contribution in [0.4, 0.5) is 0 Å². The highest BCUT2D eigenvalue weighted by molar-refractivity contribution is 5.76. The van der Waals surface area contributed by atoms with E-state index >= 15 is 0 Å². The lowest BCUT2D eigenvalue weighted by molar-refractivity contribution is -0.123. The average Bonchev–Trinajstić information content (AvgIpc) is 3.07. The molecule has 2 aromatic rings. The maximum atomic E-state index is 11.8. The number of carbonyl (C=O) groups excluding carboxylic acids is 1. The van der Waals surface area contributed by atoms with Gasteiger partial charge in [-0.1, -0.05) is 0 Å². The maximum Gasteiger partial charge on any atom is 0.222 e. The van der Waals surface area contributed by atoms with Crippen LogP contribution in [-0.4, -0.2) is 42.6 Å². The number of amides is 1. The van der Waals surface area contributed by atoms with Gasteiger partial charge in [-0.15, -0.1) is 0 Å². The third-order valence-corrected chi connectivity index (χ3v) is 3.46. The van der Waals surface area contributed by atoms with Crippen molar-refractivity contribution in [1.82, 2.24) is 15.1 Å². The molecule has 1 aromatic carbocycles. The smallest absolute Gasteiger partial charge is 0.222 e. The van der Waals surface area contributed by atoms with Gasteiger partial charge in [-0.2, -0.15) is 5.10 Å². The Kier molecular flexibility index (Phi) is 6.13. The lowest BCUT2D eigenvalue weighted by Crippen LogP contribution is -2.32. The number of carbonyl (C=O) groups is 1. The van der Waals surface area contributed by atoms with E-state index < -0.39 is 0 Å². The van der Waals surface area contributed by atoms with Gasteiger partial charge in [-0.25, -0.2) is 4.68 Å². The molecule has 7 heteroatoms. The van der Waals surface area contributed by atoms with Crippen LogP contribution in [0.3, 0.4) is 0 Å². The minimum atomic E-state index is -0.258. The molecule has 23 heavy (non-hydrogen) atoms. The molecule has 1 heterocycles. The Balaban J connectivity index is 1.90. The topological polar surface area (TPSA) is 91.4 Å². The van der Waals surface area contributed by atoms with E-state index in [2.05, 4.69) is 10.4 Å². The van der Waals surface area contributed by atoms with Gasteiger partial charge in [0.05, 0.1) is 37.6 Å².